The summed E-state index contributed by atoms with van der Waals surface area (Å²) in [7, 11) is 0. The molecule has 0 aliphatic carbocycles. The predicted octanol–water partition coefficient (Wildman–Crippen LogP) is 2.01. The lowest BCUT2D eigenvalue weighted by Gasteiger charge is -2.15. The summed E-state index contributed by atoms with van der Waals surface area (Å²) in [4.78, 5) is 24.9. The van der Waals surface area contributed by atoms with E-state index in [0.717, 1.165) is 4.68 Å². The number of aryl methyl sites for hydroxylation is 2. The molecule has 0 unspecified atom stereocenters. The molecule has 1 heterocycles. The lowest BCUT2D eigenvalue weighted by Crippen LogP contribution is -2.43. The number of benzene rings is 1. The summed E-state index contributed by atoms with van der Waals surface area (Å²) in [5.74, 6) is 0.0663. The van der Waals surface area contributed by atoms with Crippen LogP contribution in [0.1, 0.15) is 34.1 Å². The largest absolute Gasteiger partial charge is 0.491 e. The van der Waals surface area contributed by atoms with Crippen molar-refractivity contribution >= 4 is 23.2 Å². The van der Waals surface area contributed by atoms with Gasteiger partial charge >= 0.3 is 0 Å². The number of thiocarbonyl (C=S) groups is 1. The van der Waals surface area contributed by atoms with E-state index < -0.39 is 11.5 Å². The van der Waals surface area contributed by atoms with Gasteiger partial charge in [-0.15, -0.1) is 0 Å². The number of hydrogen-bond donors (Lipinski definition) is 2. The average molecular weight is 414 g/mol. The molecule has 0 radical (unpaired) electrons. The van der Waals surface area contributed by atoms with Crippen molar-refractivity contribution in [3.63, 3.8) is 0 Å². The van der Waals surface area contributed by atoms with Gasteiger partial charge in [-0.1, -0.05) is 6.07 Å². The molecule has 0 aliphatic heterocycles. The van der Waals surface area contributed by atoms with Crippen molar-refractivity contribution in [1.29, 1.82) is 5.26 Å². The molecule has 0 aliphatic rings. The predicted molar refractivity (Wildman–Crippen MR) is 113 cm³/mol. The van der Waals surface area contributed by atoms with E-state index in [-0.39, 0.29) is 10.7 Å². The van der Waals surface area contributed by atoms with Crippen LogP contribution in [-0.2, 0) is 4.74 Å². The van der Waals surface area contributed by atoms with Gasteiger partial charge in [-0.3, -0.25) is 20.3 Å². The van der Waals surface area contributed by atoms with Crippen LogP contribution in [0.4, 0.5) is 0 Å². The van der Waals surface area contributed by atoms with Crippen LogP contribution >= 0.6 is 12.2 Å². The molecule has 152 valence electrons. The fourth-order valence-corrected chi connectivity index (χ4v) is 2.74. The van der Waals surface area contributed by atoms with Gasteiger partial charge in [0, 0.05) is 17.9 Å². The summed E-state index contributed by atoms with van der Waals surface area (Å²) >= 11 is 5.14. The average Bonchev–Trinajstić information content (AvgIpc) is 2.69. The normalized spacial score (nSPS) is 10.1. The topological polar surface area (TPSA) is 105 Å². The molecule has 0 spiro atoms. The molecule has 2 aromatic rings. The monoisotopic (exact) mass is 414 g/mol. The number of nitrogens with one attached hydrogen (secondary N) is 2. The van der Waals surface area contributed by atoms with Gasteiger partial charge in [0.1, 0.15) is 24.0 Å². The number of nitriles is 1. The van der Waals surface area contributed by atoms with E-state index in [1.807, 2.05) is 13.0 Å². The third-order valence-corrected chi connectivity index (χ3v) is 4.13. The van der Waals surface area contributed by atoms with Crippen LogP contribution in [-0.4, -0.2) is 35.5 Å². The van der Waals surface area contributed by atoms with Gasteiger partial charge in [0.2, 0.25) is 0 Å². The Morgan fingerprint density at radius 1 is 1.28 bits per heavy atom. The molecule has 0 saturated carbocycles. The summed E-state index contributed by atoms with van der Waals surface area (Å²) in [5.41, 5.74) is 3.59. The molecule has 2 N–H and O–H groups in total. The Kier molecular flexibility index (Phi) is 7.88. The minimum atomic E-state index is -0.536. The van der Waals surface area contributed by atoms with Gasteiger partial charge < -0.3 is 9.47 Å². The first-order valence-corrected chi connectivity index (χ1v) is 9.34. The molecule has 1 amide bonds. The van der Waals surface area contributed by atoms with Crippen molar-refractivity contribution in [2.75, 3.05) is 25.2 Å². The van der Waals surface area contributed by atoms with Crippen LogP contribution in [0.2, 0.25) is 0 Å². The molecule has 29 heavy (non-hydrogen) atoms. The van der Waals surface area contributed by atoms with Gasteiger partial charge in [-0.2, -0.15) is 5.26 Å². The highest BCUT2D eigenvalue weighted by molar-refractivity contribution is 7.80. The van der Waals surface area contributed by atoms with Crippen LogP contribution in [0.5, 0.6) is 5.75 Å². The summed E-state index contributed by atoms with van der Waals surface area (Å²) in [6.45, 7) is 6.70. The molecular formula is C20H22N4O4S. The number of hydrogen-bond acceptors (Lipinski definition) is 6. The SMILES string of the molecule is CCOCCOc1cccc(C(=O)NC(=S)Nn2c(C)cc(C)c(C#N)c2=O)c1. The molecule has 0 saturated heterocycles. The lowest BCUT2D eigenvalue weighted by molar-refractivity contribution is 0.0976. The summed E-state index contributed by atoms with van der Waals surface area (Å²) < 4.78 is 11.9. The maximum Gasteiger partial charge on any atom is 0.287 e. The van der Waals surface area contributed by atoms with Crippen molar-refractivity contribution in [1.82, 2.24) is 9.99 Å². The number of carbonyl (C=O) groups is 1. The van der Waals surface area contributed by atoms with Crippen molar-refractivity contribution in [3.8, 4) is 11.8 Å². The van der Waals surface area contributed by atoms with E-state index >= 15 is 0 Å². The third kappa shape index (κ3) is 5.88. The minimum Gasteiger partial charge on any atom is -0.491 e. The van der Waals surface area contributed by atoms with E-state index in [1.165, 1.54) is 0 Å². The molecule has 0 bridgehead atoms. The second-order valence-electron chi connectivity index (χ2n) is 6.06. The Hall–Kier alpha value is -3.22. The van der Waals surface area contributed by atoms with Gasteiger partial charge in [0.25, 0.3) is 11.5 Å². The number of aromatic nitrogens is 1. The zero-order valence-corrected chi connectivity index (χ0v) is 17.3. The van der Waals surface area contributed by atoms with Crippen LogP contribution < -0.4 is 21.0 Å². The highest BCUT2D eigenvalue weighted by Crippen LogP contribution is 2.13. The van der Waals surface area contributed by atoms with E-state index in [0.29, 0.717) is 42.4 Å². The first kappa shape index (κ1) is 22.1. The number of rotatable bonds is 7. The van der Waals surface area contributed by atoms with Crippen LogP contribution in [0, 0.1) is 25.2 Å². The summed E-state index contributed by atoms with van der Waals surface area (Å²) in [5, 5.41) is 11.6. The molecule has 0 fully saturated rings. The second kappa shape index (κ2) is 10.4. The molecule has 1 aromatic heterocycles. The Labute approximate surface area is 174 Å². The molecule has 8 nitrogen and oxygen atoms in total. The van der Waals surface area contributed by atoms with Crippen molar-refractivity contribution in [2.24, 2.45) is 0 Å². The van der Waals surface area contributed by atoms with Crippen molar-refractivity contribution in [2.45, 2.75) is 20.8 Å². The third-order valence-electron chi connectivity index (χ3n) is 3.94. The smallest absolute Gasteiger partial charge is 0.287 e. The molecule has 2 rings (SSSR count). The first-order chi connectivity index (χ1) is 13.9. The summed E-state index contributed by atoms with van der Waals surface area (Å²) in [6, 6.07) is 10.2. The zero-order chi connectivity index (χ0) is 21.4. The summed E-state index contributed by atoms with van der Waals surface area (Å²) in [6.07, 6.45) is 0. The number of pyridine rings is 1. The fourth-order valence-electron chi connectivity index (χ4n) is 2.56. The van der Waals surface area contributed by atoms with E-state index in [4.69, 9.17) is 27.0 Å². The molecule has 0 atom stereocenters. The first-order valence-electron chi connectivity index (χ1n) is 8.93. The maximum absolute atomic E-state index is 12.5. The van der Waals surface area contributed by atoms with Crippen LogP contribution in [0.15, 0.2) is 35.1 Å². The number of amides is 1. The number of carbonyl (C=O) groups excluding carboxylic acids is 1. The molecule has 1 aromatic carbocycles. The number of nitrogens with zero attached hydrogens (tertiary/aromatic N) is 2. The highest BCUT2D eigenvalue weighted by atomic mass is 32.1. The highest BCUT2D eigenvalue weighted by Gasteiger charge is 2.13. The van der Waals surface area contributed by atoms with Crippen molar-refractivity contribution in [3.05, 3.63) is 63.1 Å². The van der Waals surface area contributed by atoms with Gasteiger partial charge in [0.05, 0.1) is 6.61 Å². The van der Waals surface area contributed by atoms with Crippen LogP contribution in [0.3, 0.4) is 0 Å². The Morgan fingerprint density at radius 2 is 2.03 bits per heavy atom. The van der Waals surface area contributed by atoms with Gasteiger partial charge in [-0.25, -0.2) is 4.68 Å². The van der Waals surface area contributed by atoms with E-state index in [1.54, 1.807) is 44.2 Å². The Balaban J connectivity index is 2.06. The zero-order valence-electron chi connectivity index (χ0n) is 16.4. The fraction of sp³-hybridized carbons (Fsp3) is 0.300. The molecule has 9 heteroatoms. The lowest BCUT2D eigenvalue weighted by atomic mass is 10.1. The van der Waals surface area contributed by atoms with Crippen LogP contribution in [0.25, 0.3) is 0 Å². The van der Waals surface area contributed by atoms with Gasteiger partial charge in [0.15, 0.2) is 5.11 Å². The standard InChI is InChI=1S/C20H22N4O4S/c1-4-27-8-9-28-16-7-5-6-15(11-16)18(25)22-20(29)23-24-14(3)10-13(2)17(12-21)19(24)26/h5-7,10-11H,4,8-9H2,1-3H3,(H2,22,23,25,29). The Bertz CT molecular complexity index is 1010. The number of ether oxygens (including phenoxy) is 2. The van der Waals surface area contributed by atoms with Gasteiger partial charge in [-0.05, 0) is 62.8 Å². The van der Waals surface area contributed by atoms with Crippen molar-refractivity contribution < 1.29 is 14.3 Å². The Morgan fingerprint density at radius 3 is 2.72 bits per heavy atom. The van der Waals surface area contributed by atoms with E-state index in [9.17, 15) is 9.59 Å². The second-order valence-corrected chi connectivity index (χ2v) is 6.47. The molecular weight excluding hydrogens is 392 g/mol. The maximum atomic E-state index is 12.5. The quantitative estimate of drug-likeness (QED) is 0.527. The minimum absolute atomic E-state index is 0.00845. The van der Waals surface area contributed by atoms with E-state index in [2.05, 4.69) is 10.7 Å².